The van der Waals surface area contributed by atoms with Crippen molar-refractivity contribution in [3.63, 3.8) is 0 Å². The molecule has 2 aromatic heterocycles. The van der Waals surface area contributed by atoms with Gasteiger partial charge in [-0.2, -0.15) is 4.31 Å². The van der Waals surface area contributed by atoms with E-state index in [-0.39, 0.29) is 17.9 Å². The first-order valence-electron chi connectivity index (χ1n) is 11.5. The lowest BCUT2D eigenvalue weighted by atomic mass is 10.1. The van der Waals surface area contributed by atoms with Gasteiger partial charge in [-0.1, -0.05) is 35.9 Å². The molecule has 1 aromatic carbocycles. The van der Waals surface area contributed by atoms with Crippen LogP contribution in [0.25, 0.3) is 0 Å². The summed E-state index contributed by atoms with van der Waals surface area (Å²) >= 11 is 0. The number of carbonyl (C=O) groups excluding carboxylic acids is 1. The molecule has 0 radical (unpaired) electrons. The first-order chi connectivity index (χ1) is 16.8. The SMILES string of the molecule is Cc1cccc(Cn2cccc(C(=O)NCCS(=O)(=O)N3CCN(c4ccccn4)CC3)c2=O)c1. The molecule has 1 aliphatic heterocycles. The molecule has 9 nitrogen and oxygen atoms in total. The number of sulfonamides is 1. The van der Waals surface area contributed by atoms with E-state index in [1.54, 1.807) is 18.5 Å². The van der Waals surface area contributed by atoms with Gasteiger partial charge in [0, 0.05) is 45.1 Å². The van der Waals surface area contributed by atoms with Gasteiger partial charge in [0.05, 0.1) is 12.3 Å². The molecule has 1 saturated heterocycles. The lowest BCUT2D eigenvalue weighted by Crippen LogP contribution is -2.50. The van der Waals surface area contributed by atoms with Gasteiger partial charge in [0.15, 0.2) is 0 Å². The van der Waals surface area contributed by atoms with E-state index < -0.39 is 21.5 Å². The summed E-state index contributed by atoms with van der Waals surface area (Å²) in [6.45, 7) is 4.06. The van der Waals surface area contributed by atoms with Gasteiger partial charge in [-0.3, -0.25) is 9.59 Å². The Hall–Kier alpha value is -3.50. The van der Waals surface area contributed by atoms with Crippen LogP contribution in [0.2, 0.25) is 0 Å². The van der Waals surface area contributed by atoms with Gasteiger partial charge in [0.1, 0.15) is 11.4 Å². The van der Waals surface area contributed by atoms with Crippen molar-refractivity contribution < 1.29 is 13.2 Å². The van der Waals surface area contributed by atoms with Crippen LogP contribution in [-0.2, 0) is 16.6 Å². The maximum atomic E-state index is 12.8. The summed E-state index contributed by atoms with van der Waals surface area (Å²) in [6.07, 6.45) is 3.35. The molecule has 1 N–H and O–H groups in total. The van der Waals surface area contributed by atoms with Crippen molar-refractivity contribution >= 4 is 21.7 Å². The standard InChI is InChI=1S/C25H29N5O4S/c1-20-6-4-7-21(18-20)19-29-12-5-8-22(25(29)32)24(31)27-11-17-35(33,34)30-15-13-28(14-16-30)23-9-2-3-10-26-23/h2-10,12,18H,11,13-17,19H2,1H3,(H,27,31). The second-order valence-electron chi connectivity index (χ2n) is 8.49. The highest BCUT2D eigenvalue weighted by atomic mass is 32.2. The summed E-state index contributed by atoms with van der Waals surface area (Å²) in [7, 11) is -3.54. The Kier molecular flexibility index (Phi) is 7.62. The molecule has 0 bridgehead atoms. The molecular weight excluding hydrogens is 466 g/mol. The van der Waals surface area contributed by atoms with Crippen LogP contribution < -0.4 is 15.8 Å². The molecule has 0 atom stereocenters. The highest BCUT2D eigenvalue weighted by Gasteiger charge is 2.27. The summed E-state index contributed by atoms with van der Waals surface area (Å²) in [5, 5.41) is 2.59. The summed E-state index contributed by atoms with van der Waals surface area (Å²) in [5.74, 6) is 0.0172. The lowest BCUT2D eigenvalue weighted by Gasteiger charge is -2.34. The van der Waals surface area contributed by atoms with E-state index in [9.17, 15) is 18.0 Å². The average molecular weight is 496 g/mol. The number of aryl methyl sites for hydroxylation is 1. The molecular formula is C25H29N5O4S. The van der Waals surface area contributed by atoms with E-state index in [0.29, 0.717) is 32.7 Å². The summed E-state index contributed by atoms with van der Waals surface area (Å²) < 4.78 is 28.5. The van der Waals surface area contributed by atoms with Crippen molar-refractivity contribution in [3.05, 3.63) is 94.0 Å². The lowest BCUT2D eigenvalue weighted by molar-refractivity contribution is 0.0954. The van der Waals surface area contributed by atoms with Crippen molar-refractivity contribution in [1.29, 1.82) is 0 Å². The fourth-order valence-electron chi connectivity index (χ4n) is 4.10. The Morgan fingerprint density at radius 3 is 2.54 bits per heavy atom. The van der Waals surface area contributed by atoms with E-state index in [1.165, 1.54) is 14.9 Å². The Bertz CT molecular complexity index is 1330. The average Bonchev–Trinajstić information content (AvgIpc) is 2.86. The smallest absolute Gasteiger partial charge is 0.263 e. The van der Waals surface area contributed by atoms with Crippen LogP contribution in [0.4, 0.5) is 5.82 Å². The molecule has 1 aliphatic rings. The van der Waals surface area contributed by atoms with Crippen molar-refractivity contribution in [2.75, 3.05) is 43.4 Å². The number of amides is 1. The Balaban J connectivity index is 1.31. The predicted octanol–water partition coefficient (Wildman–Crippen LogP) is 1.48. The monoisotopic (exact) mass is 495 g/mol. The molecule has 3 aromatic rings. The minimum atomic E-state index is -3.54. The van der Waals surface area contributed by atoms with E-state index in [1.807, 2.05) is 54.3 Å². The van der Waals surface area contributed by atoms with Gasteiger partial charge in [0.25, 0.3) is 11.5 Å². The predicted molar refractivity (Wildman–Crippen MR) is 135 cm³/mol. The number of hydrogen-bond donors (Lipinski definition) is 1. The second-order valence-corrected chi connectivity index (χ2v) is 10.6. The third-order valence-corrected chi connectivity index (χ3v) is 7.82. The van der Waals surface area contributed by atoms with E-state index in [0.717, 1.165) is 16.9 Å². The first-order valence-corrected chi connectivity index (χ1v) is 13.1. The van der Waals surface area contributed by atoms with Crippen LogP contribution in [0, 0.1) is 6.92 Å². The molecule has 0 unspecified atom stereocenters. The van der Waals surface area contributed by atoms with Crippen LogP contribution in [0.3, 0.4) is 0 Å². The zero-order chi connectivity index (χ0) is 24.8. The molecule has 0 saturated carbocycles. The quantitative estimate of drug-likeness (QED) is 0.508. The fourth-order valence-corrected chi connectivity index (χ4v) is 5.43. The number of anilines is 1. The largest absolute Gasteiger partial charge is 0.354 e. The third kappa shape index (κ3) is 6.14. The zero-order valence-electron chi connectivity index (χ0n) is 19.6. The molecule has 0 aliphatic carbocycles. The number of carbonyl (C=O) groups is 1. The van der Waals surface area contributed by atoms with Crippen molar-refractivity contribution in [1.82, 2.24) is 19.2 Å². The molecule has 3 heterocycles. The van der Waals surface area contributed by atoms with Crippen molar-refractivity contribution in [2.24, 2.45) is 0 Å². The number of rotatable bonds is 8. The third-order valence-electron chi connectivity index (χ3n) is 5.95. The first kappa shape index (κ1) is 24.6. The minimum absolute atomic E-state index is 0.0125. The topological polar surface area (TPSA) is 105 Å². The highest BCUT2D eigenvalue weighted by molar-refractivity contribution is 7.89. The van der Waals surface area contributed by atoms with Crippen LogP contribution >= 0.6 is 0 Å². The molecule has 4 rings (SSSR count). The Morgan fingerprint density at radius 2 is 1.83 bits per heavy atom. The Morgan fingerprint density at radius 1 is 1.03 bits per heavy atom. The zero-order valence-corrected chi connectivity index (χ0v) is 20.4. The van der Waals surface area contributed by atoms with Crippen LogP contribution in [0.5, 0.6) is 0 Å². The van der Waals surface area contributed by atoms with Gasteiger partial charge in [-0.05, 0) is 36.8 Å². The van der Waals surface area contributed by atoms with Crippen molar-refractivity contribution in [2.45, 2.75) is 13.5 Å². The maximum absolute atomic E-state index is 12.8. The maximum Gasteiger partial charge on any atom is 0.263 e. The number of hydrogen-bond acceptors (Lipinski definition) is 6. The van der Waals surface area contributed by atoms with E-state index >= 15 is 0 Å². The summed E-state index contributed by atoms with van der Waals surface area (Å²) in [4.78, 5) is 31.8. The molecule has 35 heavy (non-hydrogen) atoms. The Labute approximate surface area is 205 Å². The van der Waals surface area contributed by atoms with Crippen LogP contribution in [-0.4, -0.2) is 66.7 Å². The van der Waals surface area contributed by atoms with Gasteiger partial charge in [0.2, 0.25) is 10.0 Å². The van der Waals surface area contributed by atoms with Crippen molar-refractivity contribution in [3.8, 4) is 0 Å². The van der Waals surface area contributed by atoms with Gasteiger partial charge in [-0.25, -0.2) is 13.4 Å². The molecule has 1 fully saturated rings. The number of nitrogens with zero attached hydrogens (tertiary/aromatic N) is 4. The fraction of sp³-hybridized carbons (Fsp3) is 0.320. The van der Waals surface area contributed by atoms with Crippen LogP contribution in [0.15, 0.2) is 71.8 Å². The molecule has 0 spiro atoms. The highest BCUT2D eigenvalue weighted by Crippen LogP contribution is 2.14. The van der Waals surface area contributed by atoms with E-state index in [4.69, 9.17) is 0 Å². The molecule has 10 heteroatoms. The number of nitrogens with one attached hydrogen (secondary N) is 1. The molecule has 1 amide bonds. The number of aromatic nitrogens is 2. The van der Waals surface area contributed by atoms with E-state index in [2.05, 4.69) is 10.3 Å². The van der Waals surface area contributed by atoms with Gasteiger partial charge >= 0.3 is 0 Å². The molecule has 184 valence electrons. The van der Waals surface area contributed by atoms with Gasteiger partial charge in [-0.15, -0.1) is 0 Å². The van der Waals surface area contributed by atoms with Crippen LogP contribution in [0.1, 0.15) is 21.5 Å². The van der Waals surface area contributed by atoms with Gasteiger partial charge < -0.3 is 14.8 Å². The summed E-state index contributed by atoms with van der Waals surface area (Å²) in [5.41, 5.74) is 1.62. The normalized spacial score (nSPS) is 14.6. The number of piperazine rings is 1. The number of pyridine rings is 2. The number of benzene rings is 1. The second kappa shape index (κ2) is 10.8. The summed E-state index contributed by atoms with van der Waals surface area (Å²) in [6, 6.07) is 16.5. The minimum Gasteiger partial charge on any atom is -0.354 e.